The van der Waals surface area contributed by atoms with Crippen LogP contribution in [0, 0.1) is 58.2 Å². The van der Waals surface area contributed by atoms with Crippen molar-refractivity contribution in [2.75, 3.05) is 0 Å². The average Bonchev–Trinajstić information content (AvgIpc) is 3.04. The lowest BCUT2D eigenvalue weighted by atomic mass is 9.93. The smallest absolute Gasteiger partial charge is 0.345 e. The zero-order valence-corrected chi connectivity index (χ0v) is 25.9. The van der Waals surface area contributed by atoms with Gasteiger partial charge in [0.2, 0.25) is 11.6 Å². The number of thiol groups is 1. The highest BCUT2D eigenvalue weighted by atomic mass is 32.2. The van der Waals surface area contributed by atoms with E-state index in [1.807, 2.05) is 0 Å². The van der Waals surface area contributed by atoms with Crippen molar-refractivity contribution in [3.05, 3.63) is 125 Å². The van der Waals surface area contributed by atoms with E-state index in [1.54, 1.807) is 0 Å². The van der Waals surface area contributed by atoms with Crippen LogP contribution in [0.4, 0.5) is 43.9 Å². The third kappa shape index (κ3) is 6.17. The molecule has 0 saturated carbocycles. The average molecular weight is 755 g/mol. The van der Waals surface area contributed by atoms with Crippen molar-refractivity contribution < 1.29 is 69.1 Å². The molecule has 0 N–H and O–H groups in total. The Balaban J connectivity index is 1.66. The minimum Gasteiger partial charge on any atom is -0.378 e. The van der Waals surface area contributed by atoms with Gasteiger partial charge in [0.05, 0.1) is 0 Å². The van der Waals surface area contributed by atoms with Gasteiger partial charge in [0.25, 0.3) is 0 Å². The zero-order valence-electron chi connectivity index (χ0n) is 23.3. The number of rotatable bonds is 8. The molecule has 0 amide bonds. The minimum atomic E-state index is -5.82. The van der Waals surface area contributed by atoms with Gasteiger partial charge in [-0.1, -0.05) is 48.5 Å². The summed E-state index contributed by atoms with van der Waals surface area (Å²) in [5, 5.41) is 0. The van der Waals surface area contributed by atoms with Gasteiger partial charge in [-0.2, -0.15) is 16.8 Å². The van der Waals surface area contributed by atoms with Gasteiger partial charge in [-0.15, -0.1) is 12.6 Å². The monoisotopic (exact) mass is 754 g/mol. The van der Waals surface area contributed by atoms with Gasteiger partial charge in [0.1, 0.15) is 0 Å². The van der Waals surface area contributed by atoms with Crippen molar-refractivity contribution in [2.24, 2.45) is 0 Å². The maximum absolute atomic E-state index is 14.4. The van der Waals surface area contributed by atoms with Crippen LogP contribution in [0.1, 0.15) is 0 Å². The molecule has 0 aliphatic heterocycles. The van der Waals surface area contributed by atoms with E-state index in [2.05, 4.69) is 12.6 Å². The molecular weight excluding hydrogens is 743 g/mol. The first kappa shape index (κ1) is 35.6. The Morgan fingerprint density at radius 2 is 0.735 bits per heavy atom. The molecular formula is C30H12F10O6S3. The van der Waals surface area contributed by atoms with Crippen LogP contribution in [0.3, 0.4) is 0 Å². The Labute approximate surface area is 274 Å². The van der Waals surface area contributed by atoms with Gasteiger partial charge >= 0.3 is 20.2 Å². The standard InChI is InChI=1S/C30H12F10O6S3/c31-19-21(33)25(37)29(26(38)22(19)34)48(41,42)45-15-9-3-1-6-12(15)13-8-5-11-17(47)18(13)14-7-2-4-10-16(14)46-49(43,44)30-27(39)23(35)20(32)24(36)28(30)40/h1-11,47H. The molecule has 5 rings (SSSR count). The normalized spacial score (nSPS) is 11.9. The number of para-hydroxylation sites is 2. The fourth-order valence-corrected chi connectivity index (χ4v) is 6.98. The van der Waals surface area contributed by atoms with E-state index in [0.717, 1.165) is 36.4 Å². The van der Waals surface area contributed by atoms with Gasteiger partial charge in [0, 0.05) is 21.6 Å². The molecule has 0 unspecified atom stereocenters. The molecule has 0 heterocycles. The first-order valence-corrected chi connectivity index (χ1v) is 16.1. The second-order valence-electron chi connectivity index (χ2n) is 9.57. The topological polar surface area (TPSA) is 86.7 Å². The molecule has 19 heteroatoms. The summed E-state index contributed by atoms with van der Waals surface area (Å²) in [4.78, 5) is -4.66. The van der Waals surface area contributed by atoms with Crippen LogP contribution in [0.25, 0.3) is 22.3 Å². The molecule has 5 aromatic rings. The third-order valence-corrected chi connectivity index (χ3v) is 9.50. The van der Waals surface area contributed by atoms with E-state index in [9.17, 15) is 60.7 Å². The predicted octanol–water partition coefficient (Wildman–Crippen LogP) is 8.24. The molecule has 0 aliphatic rings. The summed E-state index contributed by atoms with van der Waals surface area (Å²) in [6.07, 6.45) is 0. The highest BCUT2D eigenvalue weighted by Gasteiger charge is 2.37. The molecule has 0 atom stereocenters. The van der Waals surface area contributed by atoms with Crippen LogP contribution in [-0.4, -0.2) is 16.8 Å². The summed E-state index contributed by atoms with van der Waals surface area (Å²) in [5.41, 5.74) is -0.856. The molecule has 0 radical (unpaired) electrons. The van der Waals surface area contributed by atoms with Crippen molar-refractivity contribution in [3.8, 4) is 33.8 Å². The molecule has 0 aromatic heterocycles. The van der Waals surface area contributed by atoms with Gasteiger partial charge < -0.3 is 8.37 Å². The van der Waals surface area contributed by atoms with Gasteiger partial charge in [-0.3, -0.25) is 0 Å². The number of hydrogen-bond acceptors (Lipinski definition) is 7. The van der Waals surface area contributed by atoms with Crippen LogP contribution in [0.15, 0.2) is 81.4 Å². The number of benzene rings is 5. The Morgan fingerprint density at radius 3 is 1.16 bits per heavy atom. The van der Waals surface area contributed by atoms with Crippen LogP contribution in [-0.2, 0) is 20.2 Å². The highest BCUT2D eigenvalue weighted by Crippen LogP contribution is 2.45. The van der Waals surface area contributed by atoms with E-state index < -0.39 is 99.7 Å². The summed E-state index contributed by atoms with van der Waals surface area (Å²) in [5.74, 6) is -28.0. The third-order valence-electron chi connectivity index (χ3n) is 6.61. The molecule has 256 valence electrons. The maximum Gasteiger partial charge on any atom is 0.345 e. The van der Waals surface area contributed by atoms with Gasteiger partial charge in [0.15, 0.2) is 67.8 Å². The summed E-state index contributed by atoms with van der Waals surface area (Å²) in [7, 11) is -11.6. The Morgan fingerprint density at radius 1 is 0.408 bits per heavy atom. The van der Waals surface area contributed by atoms with Crippen molar-refractivity contribution >= 4 is 32.9 Å². The maximum atomic E-state index is 14.4. The molecule has 0 fully saturated rings. The summed E-state index contributed by atoms with van der Waals surface area (Å²) < 4.78 is 202. The lowest BCUT2D eigenvalue weighted by molar-refractivity contribution is 0.352. The fraction of sp³-hybridized carbons (Fsp3) is 0. The SMILES string of the molecule is O=S(=O)(Oc1ccccc1-c1cccc(S)c1-c1ccccc1OS(=O)(=O)c1c(F)c(F)c(F)c(F)c1F)c1c(F)c(F)c(F)c(F)c1F. The van der Waals surface area contributed by atoms with E-state index in [-0.39, 0.29) is 27.1 Å². The largest absolute Gasteiger partial charge is 0.378 e. The molecule has 0 bridgehead atoms. The lowest BCUT2D eigenvalue weighted by Gasteiger charge is -2.19. The van der Waals surface area contributed by atoms with Crippen molar-refractivity contribution in [2.45, 2.75) is 14.7 Å². The molecule has 0 spiro atoms. The number of hydrogen-bond donors (Lipinski definition) is 1. The van der Waals surface area contributed by atoms with E-state index in [4.69, 9.17) is 8.37 Å². The molecule has 0 saturated heterocycles. The Hall–Kier alpha value is -4.75. The first-order chi connectivity index (χ1) is 22.9. The molecule has 5 aromatic carbocycles. The second kappa shape index (κ2) is 12.9. The van der Waals surface area contributed by atoms with Crippen LogP contribution >= 0.6 is 12.6 Å². The Bertz CT molecular complexity index is 2350. The summed E-state index contributed by atoms with van der Waals surface area (Å²) in [6, 6.07) is 12.9. The molecule has 0 aliphatic carbocycles. The summed E-state index contributed by atoms with van der Waals surface area (Å²) in [6.45, 7) is 0. The van der Waals surface area contributed by atoms with Gasteiger partial charge in [-0.05, 0) is 23.8 Å². The fourth-order valence-electron chi connectivity index (χ4n) is 4.48. The van der Waals surface area contributed by atoms with E-state index >= 15 is 0 Å². The van der Waals surface area contributed by atoms with Crippen LogP contribution in [0.5, 0.6) is 11.5 Å². The lowest BCUT2D eigenvalue weighted by Crippen LogP contribution is -2.18. The summed E-state index contributed by atoms with van der Waals surface area (Å²) >= 11 is 4.32. The minimum absolute atomic E-state index is 0.0420. The highest BCUT2D eigenvalue weighted by molar-refractivity contribution is 7.87. The number of halogens is 10. The van der Waals surface area contributed by atoms with Crippen LogP contribution in [0.2, 0.25) is 0 Å². The van der Waals surface area contributed by atoms with Crippen LogP contribution < -0.4 is 8.37 Å². The quantitative estimate of drug-likeness (QED) is 0.0565. The molecule has 49 heavy (non-hydrogen) atoms. The Kier molecular flexibility index (Phi) is 9.39. The zero-order chi connectivity index (χ0) is 36.2. The van der Waals surface area contributed by atoms with Crippen molar-refractivity contribution in [1.82, 2.24) is 0 Å². The van der Waals surface area contributed by atoms with E-state index in [1.165, 1.54) is 30.3 Å². The second-order valence-corrected chi connectivity index (χ2v) is 13.0. The molecule has 6 nitrogen and oxygen atoms in total. The van der Waals surface area contributed by atoms with Crippen molar-refractivity contribution in [3.63, 3.8) is 0 Å². The van der Waals surface area contributed by atoms with Gasteiger partial charge in [-0.25, -0.2) is 43.9 Å². The van der Waals surface area contributed by atoms with Crippen molar-refractivity contribution in [1.29, 1.82) is 0 Å². The van der Waals surface area contributed by atoms with E-state index in [0.29, 0.717) is 0 Å². The first-order valence-electron chi connectivity index (χ1n) is 12.8. The predicted molar refractivity (Wildman–Crippen MR) is 153 cm³/mol.